The summed E-state index contributed by atoms with van der Waals surface area (Å²) in [7, 11) is 2.09. The molecular formula is C23H34N4O2. The first kappa shape index (κ1) is 21.7. The zero-order chi connectivity index (χ0) is 20.5. The summed E-state index contributed by atoms with van der Waals surface area (Å²) in [5.41, 5.74) is 2.25. The maximum atomic E-state index is 10.4. The number of β-amino-alcohol motifs (C(OH)–C–C–N with tert-alkyl or cyclic N) is 1. The SMILES string of the molecule is CCN1CCN(CC(O)COc2cccc(CN(C)Cc3ccccn3)c2)CC1. The molecule has 0 spiro atoms. The maximum absolute atomic E-state index is 10.4. The van der Waals surface area contributed by atoms with Crippen LogP contribution in [0.2, 0.25) is 0 Å². The van der Waals surface area contributed by atoms with Gasteiger partial charge in [0.2, 0.25) is 0 Å². The second-order valence-corrected chi connectivity index (χ2v) is 7.84. The largest absolute Gasteiger partial charge is 0.491 e. The molecule has 0 saturated carbocycles. The Morgan fingerprint density at radius 2 is 1.86 bits per heavy atom. The molecule has 1 saturated heterocycles. The molecule has 158 valence electrons. The lowest BCUT2D eigenvalue weighted by atomic mass is 10.2. The smallest absolute Gasteiger partial charge is 0.119 e. The van der Waals surface area contributed by atoms with Crippen LogP contribution in [0.1, 0.15) is 18.2 Å². The van der Waals surface area contributed by atoms with Gasteiger partial charge in [-0.2, -0.15) is 0 Å². The van der Waals surface area contributed by atoms with Gasteiger partial charge in [-0.25, -0.2) is 0 Å². The summed E-state index contributed by atoms with van der Waals surface area (Å²) in [6, 6.07) is 14.1. The number of hydrogen-bond donors (Lipinski definition) is 1. The van der Waals surface area contributed by atoms with Crippen molar-refractivity contribution in [2.75, 3.05) is 52.9 Å². The molecule has 1 aliphatic rings. The molecule has 0 aliphatic carbocycles. The molecular weight excluding hydrogens is 364 g/mol. The number of nitrogens with zero attached hydrogens (tertiary/aromatic N) is 4. The van der Waals surface area contributed by atoms with Gasteiger partial charge in [0.05, 0.1) is 5.69 Å². The molecule has 1 N–H and O–H groups in total. The summed E-state index contributed by atoms with van der Waals surface area (Å²) in [5.74, 6) is 0.809. The van der Waals surface area contributed by atoms with Crippen LogP contribution < -0.4 is 4.74 Å². The van der Waals surface area contributed by atoms with Gasteiger partial charge in [-0.3, -0.25) is 14.8 Å². The maximum Gasteiger partial charge on any atom is 0.119 e. The van der Waals surface area contributed by atoms with Crippen LogP contribution in [0.3, 0.4) is 0 Å². The van der Waals surface area contributed by atoms with E-state index in [1.54, 1.807) is 0 Å². The van der Waals surface area contributed by atoms with Crippen molar-refractivity contribution in [3.63, 3.8) is 0 Å². The fourth-order valence-corrected chi connectivity index (χ4v) is 3.70. The standard InChI is InChI=1S/C23H34N4O2/c1-3-26-11-13-27(14-12-26)18-22(28)19-29-23-9-6-7-20(15-23)16-25(2)17-21-8-4-5-10-24-21/h4-10,15,22,28H,3,11-14,16-19H2,1-2H3. The first-order valence-corrected chi connectivity index (χ1v) is 10.6. The average Bonchev–Trinajstić information content (AvgIpc) is 2.74. The fourth-order valence-electron chi connectivity index (χ4n) is 3.70. The van der Waals surface area contributed by atoms with E-state index in [0.29, 0.717) is 13.2 Å². The number of aliphatic hydroxyl groups excluding tert-OH is 1. The van der Waals surface area contributed by atoms with Crippen molar-refractivity contribution in [1.29, 1.82) is 0 Å². The second-order valence-electron chi connectivity index (χ2n) is 7.84. The van der Waals surface area contributed by atoms with E-state index in [1.165, 1.54) is 5.56 Å². The van der Waals surface area contributed by atoms with Crippen LogP contribution in [0.5, 0.6) is 5.75 Å². The third-order valence-electron chi connectivity index (χ3n) is 5.33. The molecule has 1 unspecified atom stereocenters. The monoisotopic (exact) mass is 398 g/mol. The molecule has 3 rings (SSSR count). The number of benzene rings is 1. The number of rotatable bonds is 10. The minimum atomic E-state index is -0.473. The van der Waals surface area contributed by atoms with Gasteiger partial charge in [0.25, 0.3) is 0 Å². The highest BCUT2D eigenvalue weighted by molar-refractivity contribution is 5.28. The van der Waals surface area contributed by atoms with Crippen LogP contribution in [-0.2, 0) is 13.1 Å². The number of aliphatic hydroxyl groups is 1. The Balaban J connectivity index is 1.42. The minimum Gasteiger partial charge on any atom is -0.491 e. The Morgan fingerprint density at radius 3 is 2.59 bits per heavy atom. The molecule has 1 aliphatic heterocycles. The van der Waals surface area contributed by atoms with Crippen LogP contribution >= 0.6 is 0 Å². The summed E-state index contributed by atoms with van der Waals surface area (Å²) in [6.07, 6.45) is 1.35. The molecule has 1 fully saturated rings. The Kier molecular flexibility index (Phi) is 8.43. The van der Waals surface area contributed by atoms with E-state index in [1.807, 2.05) is 36.5 Å². The molecule has 1 aromatic carbocycles. The van der Waals surface area contributed by atoms with Crippen LogP contribution in [0, 0.1) is 0 Å². The third-order valence-corrected chi connectivity index (χ3v) is 5.33. The van der Waals surface area contributed by atoms with E-state index in [4.69, 9.17) is 4.74 Å². The molecule has 0 amide bonds. The molecule has 1 aromatic heterocycles. The van der Waals surface area contributed by atoms with Crippen molar-refractivity contribution in [2.24, 2.45) is 0 Å². The number of pyridine rings is 1. The Morgan fingerprint density at radius 1 is 1.07 bits per heavy atom. The van der Waals surface area contributed by atoms with Gasteiger partial charge in [-0.1, -0.05) is 25.1 Å². The highest BCUT2D eigenvalue weighted by Gasteiger charge is 2.18. The molecule has 6 heteroatoms. The zero-order valence-corrected chi connectivity index (χ0v) is 17.7. The van der Waals surface area contributed by atoms with Crippen LogP contribution in [0.4, 0.5) is 0 Å². The van der Waals surface area contributed by atoms with Gasteiger partial charge in [-0.05, 0) is 43.4 Å². The van der Waals surface area contributed by atoms with Crippen molar-refractivity contribution in [2.45, 2.75) is 26.1 Å². The number of ether oxygens (including phenoxy) is 1. The summed E-state index contributed by atoms with van der Waals surface area (Å²) in [4.78, 5) is 11.4. The van der Waals surface area contributed by atoms with Crippen molar-refractivity contribution in [3.8, 4) is 5.75 Å². The number of piperazine rings is 1. The number of aromatic nitrogens is 1. The van der Waals surface area contributed by atoms with Gasteiger partial charge >= 0.3 is 0 Å². The van der Waals surface area contributed by atoms with Crippen molar-refractivity contribution in [1.82, 2.24) is 19.7 Å². The van der Waals surface area contributed by atoms with E-state index in [0.717, 1.165) is 57.3 Å². The van der Waals surface area contributed by atoms with E-state index in [9.17, 15) is 5.11 Å². The summed E-state index contributed by atoms with van der Waals surface area (Å²) in [6.45, 7) is 10.1. The third kappa shape index (κ3) is 7.40. The number of hydrogen-bond acceptors (Lipinski definition) is 6. The lowest BCUT2D eigenvalue weighted by Gasteiger charge is -2.34. The average molecular weight is 399 g/mol. The molecule has 2 aromatic rings. The van der Waals surface area contributed by atoms with E-state index in [2.05, 4.69) is 45.8 Å². The lowest BCUT2D eigenvalue weighted by Crippen LogP contribution is -2.49. The van der Waals surface area contributed by atoms with Gasteiger partial charge < -0.3 is 14.7 Å². The fraction of sp³-hybridized carbons (Fsp3) is 0.522. The Labute approximate surface area is 174 Å². The Hall–Kier alpha value is -1.99. The van der Waals surface area contributed by atoms with Crippen molar-refractivity contribution < 1.29 is 9.84 Å². The normalized spacial score (nSPS) is 16.8. The van der Waals surface area contributed by atoms with Crippen LogP contribution in [0.15, 0.2) is 48.7 Å². The summed E-state index contributed by atoms with van der Waals surface area (Å²) >= 11 is 0. The van der Waals surface area contributed by atoms with Crippen LogP contribution in [0.25, 0.3) is 0 Å². The van der Waals surface area contributed by atoms with Gasteiger partial charge in [0.1, 0.15) is 18.5 Å². The molecule has 6 nitrogen and oxygen atoms in total. The quantitative estimate of drug-likeness (QED) is 0.661. The first-order valence-electron chi connectivity index (χ1n) is 10.6. The molecule has 1 atom stereocenters. The Bertz CT molecular complexity index is 720. The van der Waals surface area contributed by atoms with Gasteiger partial charge in [0.15, 0.2) is 0 Å². The molecule has 0 bridgehead atoms. The highest BCUT2D eigenvalue weighted by Crippen LogP contribution is 2.16. The summed E-state index contributed by atoms with van der Waals surface area (Å²) < 4.78 is 5.87. The molecule has 29 heavy (non-hydrogen) atoms. The molecule has 0 radical (unpaired) electrons. The van der Waals surface area contributed by atoms with Crippen molar-refractivity contribution in [3.05, 3.63) is 59.9 Å². The highest BCUT2D eigenvalue weighted by atomic mass is 16.5. The van der Waals surface area contributed by atoms with Gasteiger partial charge in [-0.15, -0.1) is 0 Å². The summed E-state index contributed by atoms with van der Waals surface area (Å²) in [5, 5.41) is 10.4. The van der Waals surface area contributed by atoms with Gasteiger partial charge in [0, 0.05) is 52.0 Å². The predicted octanol–water partition coefficient (Wildman–Crippen LogP) is 2.09. The molecule has 2 heterocycles. The van der Waals surface area contributed by atoms with E-state index < -0.39 is 6.10 Å². The predicted molar refractivity (Wildman–Crippen MR) is 116 cm³/mol. The van der Waals surface area contributed by atoms with E-state index >= 15 is 0 Å². The first-order chi connectivity index (χ1) is 14.1. The lowest BCUT2D eigenvalue weighted by molar-refractivity contribution is 0.0470. The topological polar surface area (TPSA) is 52.1 Å². The zero-order valence-electron chi connectivity index (χ0n) is 17.7. The number of likely N-dealkylation sites (N-methyl/N-ethyl adjacent to an activating group) is 1. The van der Waals surface area contributed by atoms with E-state index in [-0.39, 0.29) is 0 Å². The second kappa shape index (κ2) is 11.3. The van der Waals surface area contributed by atoms with Crippen molar-refractivity contribution >= 4 is 0 Å². The van der Waals surface area contributed by atoms with Crippen LogP contribution in [-0.4, -0.2) is 83.8 Å². The minimum absolute atomic E-state index is 0.321.